The van der Waals surface area contributed by atoms with Gasteiger partial charge in [0.2, 0.25) is 0 Å². The van der Waals surface area contributed by atoms with Crippen molar-refractivity contribution in [3.8, 4) is 11.5 Å². The van der Waals surface area contributed by atoms with Crippen molar-refractivity contribution in [2.45, 2.75) is 19.9 Å². The molecule has 2 aromatic rings. The number of anilines is 1. The summed E-state index contributed by atoms with van der Waals surface area (Å²) in [4.78, 5) is 13.6. The molecule has 0 spiro atoms. The number of amides is 1. The van der Waals surface area contributed by atoms with Gasteiger partial charge in [-0.05, 0) is 23.8 Å². The zero-order valence-electron chi connectivity index (χ0n) is 12.2. The highest BCUT2D eigenvalue weighted by Gasteiger charge is 2.12. The van der Waals surface area contributed by atoms with Crippen molar-refractivity contribution < 1.29 is 14.3 Å². The number of nitrogens with one attached hydrogen (secondary N) is 1. The molecular weight excluding hydrogens is 274 g/mol. The van der Waals surface area contributed by atoms with E-state index in [-0.39, 0.29) is 11.9 Å². The molecular formula is C13H17N5O3. The van der Waals surface area contributed by atoms with Gasteiger partial charge >= 0.3 is 0 Å². The predicted molar refractivity (Wildman–Crippen MR) is 75.6 cm³/mol. The van der Waals surface area contributed by atoms with Gasteiger partial charge in [-0.3, -0.25) is 10.1 Å². The summed E-state index contributed by atoms with van der Waals surface area (Å²) in [6.45, 7) is 2.65. The third-order valence-corrected chi connectivity index (χ3v) is 2.72. The molecule has 8 nitrogen and oxygen atoms in total. The summed E-state index contributed by atoms with van der Waals surface area (Å²) in [5.74, 6) is 0.864. The molecule has 21 heavy (non-hydrogen) atoms. The second kappa shape index (κ2) is 6.69. The maximum absolute atomic E-state index is 12.2. The van der Waals surface area contributed by atoms with Gasteiger partial charge in [0.15, 0.2) is 0 Å². The molecule has 0 bridgehead atoms. The zero-order valence-corrected chi connectivity index (χ0v) is 12.2. The number of methoxy groups -OCH3 is 2. The summed E-state index contributed by atoms with van der Waals surface area (Å²) in [6.07, 6.45) is 0.886. The molecule has 112 valence electrons. The summed E-state index contributed by atoms with van der Waals surface area (Å²) in [5.41, 5.74) is 0.387. The van der Waals surface area contributed by atoms with Gasteiger partial charge in [-0.1, -0.05) is 12.0 Å². The Kier molecular flexibility index (Phi) is 4.70. The van der Waals surface area contributed by atoms with Crippen molar-refractivity contribution >= 4 is 11.9 Å². The third-order valence-electron chi connectivity index (χ3n) is 2.72. The predicted octanol–water partition coefficient (Wildman–Crippen LogP) is 1.35. The number of carbonyl (C=O) groups excluding carboxylic acids is 1. The van der Waals surface area contributed by atoms with Crippen LogP contribution in [-0.2, 0) is 6.54 Å². The molecule has 1 aromatic heterocycles. The van der Waals surface area contributed by atoms with Crippen LogP contribution in [0.3, 0.4) is 0 Å². The lowest BCUT2D eigenvalue weighted by Gasteiger charge is -2.07. The molecule has 1 heterocycles. The quantitative estimate of drug-likeness (QED) is 0.864. The largest absolute Gasteiger partial charge is 0.497 e. The van der Waals surface area contributed by atoms with Crippen LogP contribution in [0.4, 0.5) is 5.95 Å². The molecule has 1 amide bonds. The highest BCUT2D eigenvalue weighted by molar-refractivity contribution is 6.03. The van der Waals surface area contributed by atoms with E-state index in [4.69, 9.17) is 9.47 Å². The molecule has 0 saturated heterocycles. The standard InChI is InChI=1S/C13H17N5O3/c1-4-5-18-16-13(15-17-18)14-12(19)9-6-10(20-2)8-11(7-9)21-3/h6-8H,4-5H2,1-3H3,(H,14,16,19). The maximum atomic E-state index is 12.2. The van der Waals surface area contributed by atoms with E-state index < -0.39 is 0 Å². The Morgan fingerprint density at radius 2 is 1.90 bits per heavy atom. The van der Waals surface area contributed by atoms with Crippen LogP contribution in [0, 0.1) is 0 Å². The van der Waals surface area contributed by atoms with Gasteiger partial charge in [-0.15, -0.1) is 5.10 Å². The van der Waals surface area contributed by atoms with Crippen LogP contribution >= 0.6 is 0 Å². The van der Waals surface area contributed by atoms with Crippen molar-refractivity contribution in [2.75, 3.05) is 19.5 Å². The normalized spacial score (nSPS) is 10.2. The second-order valence-corrected chi connectivity index (χ2v) is 4.26. The van der Waals surface area contributed by atoms with E-state index in [1.165, 1.54) is 19.0 Å². The van der Waals surface area contributed by atoms with Gasteiger partial charge in [-0.25, -0.2) is 0 Å². The summed E-state index contributed by atoms with van der Waals surface area (Å²) in [5, 5.41) is 14.2. The first kappa shape index (κ1) is 14.8. The number of hydrogen-bond donors (Lipinski definition) is 1. The summed E-state index contributed by atoms with van der Waals surface area (Å²) >= 11 is 0. The fraction of sp³-hybridized carbons (Fsp3) is 0.385. The minimum atomic E-state index is -0.358. The molecule has 0 aliphatic rings. The van der Waals surface area contributed by atoms with Crippen molar-refractivity contribution in [1.29, 1.82) is 0 Å². The van der Waals surface area contributed by atoms with Crippen molar-refractivity contribution in [2.24, 2.45) is 0 Å². The Labute approximate surface area is 122 Å². The van der Waals surface area contributed by atoms with E-state index in [9.17, 15) is 4.79 Å². The van der Waals surface area contributed by atoms with Gasteiger partial charge in [-0.2, -0.15) is 4.80 Å². The van der Waals surface area contributed by atoms with Crippen LogP contribution < -0.4 is 14.8 Å². The summed E-state index contributed by atoms with van der Waals surface area (Å²) in [6, 6.07) is 4.90. The third kappa shape index (κ3) is 3.68. The van der Waals surface area contributed by atoms with Crippen LogP contribution in [0.1, 0.15) is 23.7 Å². The lowest BCUT2D eigenvalue weighted by molar-refractivity contribution is 0.102. The van der Waals surface area contributed by atoms with Gasteiger partial charge in [0.25, 0.3) is 11.9 Å². The molecule has 1 aromatic carbocycles. The minimum Gasteiger partial charge on any atom is -0.497 e. The number of rotatable bonds is 6. The second-order valence-electron chi connectivity index (χ2n) is 4.26. The van der Waals surface area contributed by atoms with Crippen molar-refractivity contribution in [3.63, 3.8) is 0 Å². The number of carbonyl (C=O) groups is 1. The van der Waals surface area contributed by atoms with Crippen molar-refractivity contribution in [3.05, 3.63) is 23.8 Å². The van der Waals surface area contributed by atoms with Crippen LogP contribution in [0.25, 0.3) is 0 Å². The number of ether oxygens (including phenoxy) is 2. The Hall–Kier alpha value is -2.64. The first-order chi connectivity index (χ1) is 10.2. The fourth-order valence-electron chi connectivity index (χ4n) is 1.70. The summed E-state index contributed by atoms with van der Waals surface area (Å²) < 4.78 is 10.3. The smallest absolute Gasteiger partial charge is 0.270 e. The molecule has 2 rings (SSSR count). The average Bonchev–Trinajstić information content (AvgIpc) is 2.94. The van der Waals surface area contributed by atoms with Crippen LogP contribution in [0.5, 0.6) is 11.5 Å². The Morgan fingerprint density at radius 3 is 2.48 bits per heavy atom. The summed E-state index contributed by atoms with van der Waals surface area (Å²) in [7, 11) is 3.04. The first-order valence-corrected chi connectivity index (χ1v) is 6.48. The SMILES string of the molecule is CCCn1nnc(NC(=O)c2cc(OC)cc(OC)c2)n1. The molecule has 8 heteroatoms. The zero-order chi connectivity index (χ0) is 15.2. The maximum Gasteiger partial charge on any atom is 0.270 e. The van der Waals surface area contributed by atoms with Crippen LogP contribution in [0.15, 0.2) is 18.2 Å². The monoisotopic (exact) mass is 291 g/mol. The van der Waals surface area contributed by atoms with Gasteiger partial charge in [0.05, 0.1) is 20.8 Å². The van der Waals surface area contributed by atoms with Gasteiger partial charge < -0.3 is 9.47 Å². The number of aryl methyl sites for hydroxylation is 1. The lowest BCUT2D eigenvalue weighted by Crippen LogP contribution is -2.13. The highest BCUT2D eigenvalue weighted by Crippen LogP contribution is 2.22. The van der Waals surface area contributed by atoms with E-state index in [1.807, 2.05) is 6.92 Å². The van der Waals surface area contributed by atoms with Gasteiger partial charge in [0, 0.05) is 11.6 Å². The number of nitrogens with zero attached hydrogens (tertiary/aromatic N) is 4. The van der Waals surface area contributed by atoms with E-state index in [1.54, 1.807) is 18.2 Å². The number of hydrogen-bond acceptors (Lipinski definition) is 6. The Balaban J connectivity index is 2.15. The van der Waals surface area contributed by atoms with E-state index in [2.05, 4.69) is 20.7 Å². The van der Waals surface area contributed by atoms with E-state index in [0.29, 0.717) is 23.6 Å². The van der Waals surface area contributed by atoms with E-state index >= 15 is 0 Å². The highest BCUT2D eigenvalue weighted by atomic mass is 16.5. The number of benzene rings is 1. The van der Waals surface area contributed by atoms with Crippen molar-refractivity contribution in [1.82, 2.24) is 20.2 Å². The molecule has 1 N–H and O–H groups in total. The molecule has 0 unspecified atom stereocenters. The molecule has 0 atom stereocenters. The molecule has 0 aliphatic carbocycles. The molecule has 0 saturated carbocycles. The molecule has 0 aliphatic heterocycles. The topological polar surface area (TPSA) is 91.2 Å². The van der Waals surface area contributed by atoms with E-state index in [0.717, 1.165) is 6.42 Å². The van der Waals surface area contributed by atoms with Gasteiger partial charge in [0.1, 0.15) is 11.5 Å². The molecule has 0 fully saturated rings. The van der Waals surface area contributed by atoms with Crippen LogP contribution in [0.2, 0.25) is 0 Å². The number of tetrazole rings is 1. The number of aromatic nitrogens is 4. The van der Waals surface area contributed by atoms with Crippen LogP contribution in [-0.4, -0.2) is 40.3 Å². The minimum absolute atomic E-state index is 0.162. The fourth-order valence-corrected chi connectivity index (χ4v) is 1.70. The lowest BCUT2D eigenvalue weighted by atomic mass is 10.2. The molecule has 0 radical (unpaired) electrons. The average molecular weight is 291 g/mol. The Morgan fingerprint density at radius 1 is 1.24 bits per heavy atom. The Bertz CT molecular complexity index is 604. The first-order valence-electron chi connectivity index (χ1n) is 6.48.